The van der Waals surface area contributed by atoms with Gasteiger partial charge in [0.2, 0.25) is 0 Å². The normalized spacial score (nSPS) is 8.71. The van der Waals surface area contributed by atoms with Crippen LogP contribution in [0, 0.1) is 5.82 Å². The van der Waals surface area contributed by atoms with Crippen LogP contribution in [-0.2, 0) is 0 Å². The highest BCUT2D eigenvalue weighted by atomic mass is 19.1. The predicted octanol–water partition coefficient (Wildman–Crippen LogP) is 3.61. The minimum Gasteiger partial charge on any atom is -0.294 e. The first-order valence-corrected chi connectivity index (χ1v) is 4.53. The van der Waals surface area contributed by atoms with Gasteiger partial charge in [0.1, 0.15) is 5.82 Å². The van der Waals surface area contributed by atoms with E-state index in [-0.39, 0.29) is 11.6 Å². The first-order chi connectivity index (χ1) is 6.74. The van der Waals surface area contributed by atoms with Gasteiger partial charge in [-0.2, -0.15) is 0 Å². The highest BCUT2D eigenvalue weighted by Gasteiger charge is 2.02. The van der Waals surface area contributed by atoms with Crippen LogP contribution in [0.15, 0.2) is 37.4 Å². The molecule has 0 heterocycles. The van der Waals surface area contributed by atoms with Crippen LogP contribution < -0.4 is 0 Å². The molecule has 0 saturated heterocycles. The highest BCUT2D eigenvalue weighted by Crippen LogP contribution is 2.06. The van der Waals surface area contributed by atoms with E-state index in [0.717, 1.165) is 6.42 Å². The van der Waals surface area contributed by atoms with E-state index < -0.39 is 0 Å². The van der Waals surface area contributed by atoms with Crippen LogP contribution in [0.4, 0.5) is 4.39 Å². The van der Waals surface area contributed by atoms with Crippen LogP contribution in [0.3, 0.4) is 0 Å². The van der Waals surface area contributed by atoms with E-state index >= 15 is 0 Å². The lowest BCUT2D eigenvalue weighted by Gasteiger charge is -1.97. The molecule has 76 valence electrons. The predicted molar refractivity (Wildman–Crippen MR) is 56.9 cm³/mol. The second kappa shape index (κ2) is 7.01. The molecule has 1 rings (SSSR count). The van der Waals surface area contributed by atoms with Gasteiger partial charge in [0.15, 0.2) is 5.78 Å². The summed E-state index contributed by atoms with van der Waals surface area (Å²) in [6.45, 7) is 7.95. The fourth-order valence-electron chi connectivity index (χ4n) is 1.01. The van der Waals surface area contributed by atoms with Crippen molar-refractivity contribution in [1.82, 2.24) is 0 Å². The molecule has 0 aliphatic carbocycles. The zero-order valence-corrected chi connectivity index (χ0v) is 8.42. The Morgan fingerprint density at radius 2 is 1.79 bits per heavy atom. The number of halogens is 1. The number of benzene rings is 1. The zero-order valence-electron chi connectivity index (χ0n) is 8.42. The summed E-state index contributed by atoms with van der Waals surface area (Å²) in [4.78, 5) is 11.2. The fourth-order valence-corrected chi connectivity index (χ4v) is 1.01. The topological polar surface area (TPSA) is 17.1 Å². The number of carbonyl (C=O) groups excluding carboxylic acids is 1. The first kappa shape index (κ1) is 12.6. The lowest BCUT2D eigenvalue weighted by Crippen LogP contribution is -1.97. The highest BCUT2D eigenvalue weighted by molar-refractivity contribution is 5.95. The van der Waals surface area contributed by atoms with Gasteiger partial charge in [-0.25, -0.2) is 4.39 Å². The van der Waals surface area contributed by atoms with Crippen molar-refractivity contribution in [3.63, 3.8) is 0 Å². The van der Waals surface area contributed by atoms with E-state index in [1.807, 2.05) is 6.92 Å². The van der Waals surface area contributed by atoms with Crippen molar-refractivity contribution >= 4 is 5.78 Å². The molecule has 0 N–H and O–H groups in total. The van der Waals surface area contributed by atoms with Gasteiger partial charge in [-0.3, -0.25) is 4.79 Å². The molecule has 0 atom stereocenters. The molecule has 0 radical (unpaired) electrons. The minimum atomic E-state index is -0.303. The third-order valence-electron chi connectivity index (χ3n) is 1.64. The van der Waals surface area contributed by atoms with E-state index in [1.54, 1.807) is 0 Å². The molecule has 0 fully saturated rings. The van der Waals surface area contributed by atoms with Crippen LogP contribution in [0.1, 0.15) is 30.1 Å². The van der Waals surface area contributed by atoms with E-state index in [9.17, 15) is 9.18 Å². The third kappa shape index (κ3) is 3.99. The molecule has 0 aliphatic rings. The molecule has 0 spiro atoms. The zero-order chi connectivity index (χ0) is 11.0. The Hall–Kier alpha value is -1.44. The second-order valence-corrected chi connectivity index (χ2v) is 2.68. The molecule has 0 saturated carbocycles. The van der Waals surface area contributed by atoms with Crippen molar-refractivity contribution in [2.24, 2.45) is 0 Å². The summed E-state index contributed by atoms with van der Waals surface area (Å²) in [6.07, 6.45) is 1.36. The summed E-state index contributed by atoms with van der Waals surface area (Å²) in [5.41, 5.74) is 0.596. The molecular formula is C12H15FO. The Bertz CT molecular complexity index is 277. The molecule has 1 aromatic rings. The smallest absolute Gasteiger partial charge is 0.162 e. The standard InChI is InChI=1S/C10H11FO.C2H4/c1-2-3-10(12)8-4-6-9(11)7-5-8;1-2/h4-7H,2-3H2,1H3;1-2H2. The number of hydrogen-bond acceptors (Lipinski definition) is 1. The van der Waals surface area contributed by atoms with E-state index in [0.29, 0.717) is 12.0 Å². The van der Waals surface area contributed by atoms with E-state index in [4.69, 9.17) is 0 Å². The van der Waals surface area contributed by atoms with E-state index in [2.05, 4.69) is 13.2 Å². The quantitative estimate of drug-likeness (QED) is 0.530. The summed E-state index contributed by atoms with van der Waals surface area (Å²) in [6, 6.07) is 5.66. The minimum absolute atomic E-state index is 0.0810. The van der Waals surface area contributed by atoms with Crippen molar-refractivity contribution in [3.8, 4) is 0 Å². The van der Waals surface area contributed by atoms with Gasteiger partial charge in [-0.1, -0.05) is 6.92 Å². The van der Waals surface area contributed by atoms with Crippen LogP contribution in [0.5, 0.6) is 0 Å². The Kier molecular flexibility index (Phi) is 6.29. The summed E-state index contributed by atoms with van der Waals surface area (Å²) in [7, 11) is 0. The van der Waals surface area contributed by atoms with Crippen LogP contribution in [0.2, 0.25) is 0 Å². The van der Waals surface area contributed by atoms with Crippen molar-refractivity contribution in [3.05, 3.63) is 48.8 Å². The van der Waals surface area contributed by atoms with Crippen LogP contribution >= 0.6 is 0 Å². The van der Waals surface area contributed by atoms with E-state index in [1.165, 1.54) is 24.3 Å². The van der Waals surface area contributed by atoms with Crippen molar-refractivity contribution in [2.75, 3.05) is 0 Å². The summed E-state index contributed by atoms with van der Waals surface area (Å²) in [5, 5.41) is 0. The number of Topliss-reactive ketones (excluding diaryl/α,β-unsaturated/α-hetero) is 1. The Morgan fingerprint density at radius 3 is 2.21 bits per heavy atom. The molecule has 0 unspecified atom stereocenters. The number of rotatable bonds is 3. The van der Waals surface area contributed by atoms with Gasteiger partial charge in [-0.15, -0.1) is 13.2 Å². The summed E-state index contributed by atoms with van der Waals surface area (Å²) < 4.78 is 12.4. The lowest BCUT2D eigenvalue weighted by atomic mass is 10.1. The maximum Gasteiger partial charge on any atom is 0.162 e. The molecule has 0 aromatic heterocycles. The van der Waals surface area contributed by atoms with Crippen LogP contribution in [-0.4, -0.2) is 5.78 Å². The molecule has 1 nitrogen and oxygen atoms in total. The first-order valence-electron chi connectivity index (χ1n) is 4.53. The molecule has 0 amide bonds. The molecule has 14 heavy (non-hydrogen) atoms. The van der Waals surface area contributed by atoms with Gasteiger partial charge < -0.3 is 0 Å². The Labute approximate surface area is 84.3 Å². The van der Waals surface area contributed by atoms with Gasteiger partial charge in [0.25, 0.3) is 0 Å². The summed E-state index contributed by atoms with van der Waals surface area (Å²) in [5.74, 6) is -0.222. The maximum absolute atomic E-state index is 12.4. The van der Waals surface area contributed by atoms with Gasteiger partial charge in [0, 0.05) is 12.0 Å². The SMILES string of the molecule is C=C.CCCC(=O)c1ccc(F)cc1. The number of hydrogen-bond donors (Lipinski definition) is 0. The van der Waals surface area contributed by atoms with Gasteiger partial charge >= 0.3 is 0 Å². The van der Waals surface area contributed by atoms with Crippen molar-refractivity contribution in [1.29, 1.82) is 0 Å². The number of ketones is 1. The van der Waals surface area contributed by atoms with Crippen LogP contribution in [0.25, 0.3) is 0 Å². The maximum atomic E-state index is 12.4. The fraction of sp³-hybridized carbons (Fsp3) is 0.250. The van der Waals surface area contributed by atoms with Gasteiger partial charge in [-0.05, 0) is 30.7 Å². The summed E-state index contributed by atoms with van der Waals surface area (Å²) >= 11 is 0. The Morgan fingerprint density at radius 1 is 1.29 bits per heavy atom. The average Bonchev–Trinajstić information content (AvgIpc) is 2.22. The van der Waals surface area contributed by atoms with Gasteiger partial charge in [0.05, 0.1) is 0 Å². The monoisotopic (exact) mass is 194 g/mol. The molecule has 1 aromatic carbocycles. The molecular weight excluding hydrogens is 179 g/mol. The molecule has 0 bridgehead atoms. The largest absolute Gasteiger partial charge is 0.294 e. The number of carbonyl (C=O) groups is 1. The second-order valence-electron chi connectivity index (χ2n) is 2.68. The third-order valence-corrected chi connectivity index (χ3v) is 1.64. The average molecular weight is 194 g/mol. The Balaban J connectivity index is 0.000000791. The van der Waals surface area contributed by atoms with Crippen molar-refractivity contribution in [2.45, 2.75) is 19.8 Å². The molecule has 2 heteroatoms. The molecule has 0 aliphatic heterocycles. The van der Waals surface area contributed by atoms with Crippen molar-refractivity contribution < 1.29 is 9.18 Å². The lowest BCUT2D eigenvalue weighted by molar-refractivity contribution is 0.0981.